The average Bonchev–Trinajstić information content (AvgIpc) is 2.52. The minimum atomic E-state index is -0.779. The summed E-state index contributed by atoms with van der Waals surface area (Å²) >= 11 is 0. The van der Waals surface area contributed by atoms with Crippen LogP contribution in [0.15, 0.2) is 48.5 Å². The first-order valence-electron chi connectivity index (χ1n) is 6.76. The van der Waals surface area contributed by atoms with E-state index in [0.29, 0.717) is 19.4 Å². The molecule has 0 bridgehead atoms. The first-order chi connectivity index (χ1) is 10.2. The Labute approximate surface area is 123 Å². The molecule has 21 heavy (non-hydrogen) atoms. The molecule has 2 N–H and O–H groups in total. The van der Waals surface area contributed by atoms with E-state index in [4.69, 9.17) is 5.11 Å². The Kier molecular flexibility index (Phi) is 5.10. The second kappa shape index (κ2) is 7.24. The van der Waals surface area contributed by atoms with Crippen molar-refractivity contribution in [2.24, 2.45) is 0 Å². The van der Waals surface area contributed by atoms with Crippen LogP contribution in [0.2, 0.25) is 0 Å². The van der Waals surface area contributed by atoms with Gasteiger partial charge in [0.15, 0.2) is 0 Å². The van der Waals surface area contributed by atoms with Crippen LogP contribution >= 0.6 is 0 Å². The van der Waals surface area contributed by atoms with Crippen LogP contribution in [0.4, 0.5) is 0 Å². The van der Waals surface area contributed by atoms with Gasteiger partial charge in [0.25, 0.3) is 0 Å². The molecule has 2 rings (SSSR count). The lowest BCUT2D eigenvalue weighted by molar-refractivity contribution is -0.137. The zero-order valence-electron chi connectivity index (χ0n) is 11.6. The van der Waals surface area contributed by atoms with E-state index >= 15 is 0 Å². The van der Waals surface area contributed by atoms with E-state index in [1.807, 2.05) is 48.5 Å². The van der Waals surface area contributed by atoms with Gasteiger partial charge in [-0.2, -0.15) is 0 Å². The topological polar surface area (TPSA) is 66.4 Å². The summed E-state index contributed by atoms with van der Waals surface area (Å²) in [7, 11) is 0. The molecule has 0 saturated carbocycles. The fourth-order valence-electron chi connectivity index (χ4n) is 2.09. The number of rotatable bonds is 7. The number of hydrogen-bond acceptors (Lipinski definition) is 2. The molecule has 4 heteroatoms. The van der Waals surface area contributed by atoms with Crippen LogP contribution in [0.1, 0.15) is 17.5 Å². The van der Waals surface area contributed by atoms with E-state index in [-0.39, 0.29) is 6.42 Å². The number of nitrogens with one attached hydrogen (secondary N) is 1. The largest absolute Gasteiger partial charge is 0.481 e. The summed E-state index contributed by atoms with van der Waals surface area (Å²) in [6.07, 6.45) is 1.38. The number of carbonyl (C=O) groups excluding carboxylic acids is 1. The molecule has 0 spiro atoms. The van der Waals surface area contributed by atoms with Crippen molar-refractivity contribution in [2.45, 2.75) is 19.4 Å². The van der Waals surface area contributed by atoms with E-state index < -0.39 is 5.97 Å². The van der Waals surface area contributed by atoms with Crippen LogP contribution in [-0.2, 0) is 22.6 Å². The molecule has 0 fully saturated rings. The second-order valence-electron chi connectivity index (χ2n) is 4.79. The minimum Gasteiger partial charge on any atom is -0.481 e. The number of carbonyl (C=O) groups is 2. The maximum absolute atomic E-state index is 10.5. The van der Waals surface area contributed by atoms with Crippen LogP contribution in [-0.4, -0.2) is 17.5 Å². The zero-order chi connectivity index (χ0) is 15.1. The van der Waals surface area contributed by atoms with Crippen LogP contribution in [0.3, 0.4) is 0 Å². The minimum absolute atomic E-state index is 0.151. The van der Waals surface area contributed by atoms with Gasteiger partial charge in [-0.3, -0.25) is 9.59 Å². The lowest BCUT2D eigenvalue weighted by Gasteiger charge is -2.05. The monoisotopic (exact) mass is 283 g/mol. The van der Waals surface area contributed by atoms with Crippen molar-refractivity contribution in [3.05, 3.63) is 59.7 Å². The number of benzene rings is 2. The summed E-state index contributed by atoms with van der Waals surface area (Å²) in [5.74, 6) is -0.779. The Morgan fingerprint density at radius 3 is 1.95 bits per heavy atom. The van der Waals surface area contributed by atoms with Crippen molar-refractivity contribution in [1.29, 1.82) is 0 Å². The molecule has 1 amide bonds. The van der Waals surface area contributed by atoms with Gasteiger partial charge in [-0.15, -0.1) is 0 Å². The van der Waals surface area contributed by atoms with Gasteiger partial charge < -0.3 is 10.4 Å². The average molecular weight is 283 g/mol. The SMILES string of the molecule is O=CNCc1ccc(-c2ccc(CCC(=O)O)cc2)cc1. The third-order valence-corrected chi connectivity index (χ3v) is 3.26. The lowest BCUT2D eigenvalue weighted by Crippen LogP contribution is -2.09. The normalized spacial score (nSPS) is 10.1. The zero-order valence-corrected chi connectivity index (χ0v) is 11.6. The molecule has 108 valence electrons. The van der Waals surface area contributed by atoms with Crippen LogP contribution < -0.4 is 5.32 Å². The highest BCUT2D eigenvalue weighted by atomic mass is 16.4. The number of aryl methyl sites for hydroxylation is 1. The molecule has 2 aromatic carbocycles. The van der Waals surface area contributed by atoms with E-state index in [9.17, 15) is 9.59 Å². The molecule has 0 radical (unpaired) electrons. The van der Waals surface area contributed by atoms with Crippen LogP contribution in [0, 0.1) is 0 Å². The van der Waals surface area contributed by atoms with Gasteiger partial charge in [-0.05, 0) is 28.7 Å². The highest BCUT2D eigenvalue weighted by molar-refractivity contribution is 5.67. The second-order valence-corrected chi connectivity index (χ2v) is 4.79. The molecule has 0 aliphatic heterocycles. The van der Waals surface area contributed by atoms with E-state index in [2.05, 4.69) is 5.32 Å². The molecule has 0 saturated heterocycles. The number of carboxylic acid groups (broad SMARTS) is 1. The lowest BCUT2D eigenvalue weighted by atomic mass is 10.0. The number of aliphatic carboxylic acids is 1. The van der Waals surface area contributed by atoms with Gasteiger partial charge in [0, 0.05) is 13.0 Å². The molecule has 0 atom stereocenters. The molecular formula is C17H17NO3. The van der Waals surface area contributed by atoms with Crippen molar-refractivity contribution in [3.8, 4) is 11.1 Å². The Bertz CT molecular complexity index is 603. The van der Waals surface area contributed by atoms with E-state index in [0.717, 1.165) is 22.3 Å². The first-order valence-corrected chi connectivity index (χ1v) is 6.76. The Morgan fingerprint density at radius 2 is 1.48 bits per heavy atom. The summed E-state index contributed by atoms with van der Waals surface area (Å²) in [5.41, 5.74) is 4.25. The summed E-state index contributed by atoms with van der Waals surface area (Å²) in [6, 6.07) is 15.9. The van der Waals surface area contributed by atoms with Crippen molar-refractivity contribution in [3.63, 3.8) is 0 Å². The summed E-state index contributed by atoms with van der Waals surface area (Å²) < 4.78 is 0. The molecule has 0 aromatic heterocycles. The van der Waals surface area contributed by atoms with E-state index in [1.54, 1.807) is 0 Å². The van der Waals surface area contributed by atoms with Gasteiger partial charge in [-0.25, -0.2) is 0 Å². The summed E-state index contributed by atoms with van der Waals surface area (Å²) in [4.78, 5) is 20.8. The standard InChI is InChI=1S/C17H17NO3/c19-12-18-11-14-3-8-16(9-4-14)15-6-1-13(2-7-15)5-10-17(20)21/h1-4,6-9,12H,5,10-11H2,(H,18,19)(H,20,21). The van der Waals surface area contributed by atoms with Gasteiger partial charge in [0.1, 0.15) is 0 Å². The van der Waals surface area contributed by atoms with Gasteiger partial charge in [-0.1, -0.05) is 48.5 Å². The Morgan fingerprint density at radius 1 is 0.952 bits per heavy atom. The third-order valence-electron chi connectivity index (χ3n) is 3.26. The predicted octanol–water partition coefficient (Wildman–Crippen LogP) is 2.62. The molecule has 0 unspecified atom stereocenters. The van der Waals surface area contributed by atoms with Crippen LogP contribution in [0.25, 0.3) is 11.1 Å². The number of carboxylic acids is 1. The quantitative estimate of drug-likeness (QED) is 0.768. The highest BCUT2D eigenvalue weighted by Crippen LogP contribution is 2.20. The summed E-state index contributed by atoms with van der Waals surface area (Å²) in [5, 5.41) is 11.3. The fraction of sp³-hybridized carbons (Fsp3) is 0.176. The molecular weight excluding hydrogens is 266 g/mol. The fourth-order valence-corrected chi connectivity index (χ4v) is 2.09. The predicted molar refractivity (Wildman–Crippen MR) is 80.7 cm³/mol. The maximum atomic E-state index is 10.5. The highest BCUT2D eigenvalue weighted by Gasteiger charge is 2.01. The van der Waals surface area contributed by atoms with Crippen molar-refractivity contribution in [1.82, 2.24) is 5.32 Å². The molecule has 0 heterocycles. The number of amides is 1. The van der Waals surface area contributed by atoms with Gasteiger partial charge >= 0.3 is 5.97 Å². The Balaban J connectivity index is 2.04. The summed E-state index contributed by atoms with van der Waals surface area (Å²) in [6.45, 7) is 0.526. The molecule has 2 aromatic rings. The molecule has 0 aliphatic carbocycles. The van der Waals surface area contributed by atoms with Gasteiger partial charge in [0.2, 0.25) is 6.41 Å². The molecule has 4 nitrogen and oxygen atoms in total. The first kappa shape index (κ1) is 14.8. The van der Waals surface area contributed by atoms with Crippen LogP contribution in [0.5, 0.6) is 0 Å². The van der Waals surface area contributed by atoms with Crippen molar-refractivity contribution in [2.75, 3.05) is 0 Å². The van der Waals surface area contributed by atoms with Crippen molar-refractivity contribution < 1.29 is 14.7 Å². The third kappa shape index (κ3) is 4.45. The van der Waals surface area contributed by atoms with E-state index in [1.165, 1.54) is 0 Å². The number of hydrogen-bond donors (Lipinski definition) is 2. The van der Waals surface area contributed by atoms with Gasteiger partial charge in [0.05, 0.1) is 0 Å². The van der Waals surface area contributed by atoms with Crippen molar-refractivity contribution >= 4 is 12.4 Å². The Hall–Kier alpha value is -2.62. The smallest absolute Gasteiger partial charge is 0.303 e. The molecule has 0 aliphatic rings. The maximum Gasteiger partial charge on any atom is 0.303 e.